The van der Waals surface area contributed by atoms with Crippen LogP contribution in [0.5, 0.6) is 0 Å². The molecule has 0 saturated heterocycles. The van der Waals surface area contributed by atoms with Crippen LogP contribution in [0.25, 0.3) is 0 Å². The summed E-state index contributed by atoms with van der Waals surface area (Å²) in [6.45, 7) is 6.87. The van der Waals surface area contributed by atoms with Crippen LogP contribution in [0.4, 0.5) is 0 Å². The highest BCUT2D eigenvalue weighted by Crippen LogP contribution is 2.28. The number of hydrogen-bond acceptors (Lipinski definition) is 5. The molecule has 21 heavy (non-hydrogen) atoms. The molecule has 7 nitrogen and oxygen atoms in total. The Morgan fingerprint density at radius 2 is 0.952 bits per heavy atom. The van der Waals surface area contributed by atoms with Crippen LogP contribution in [-0.2, 0) is 25.0 Å². The SMILES string of the molecule is CCC(CC)C(OC(C(CC)CC)S(=O)(=O)O)S(=O)(=O)O. The lowest BCUT2D eigenvalue weighted by atomic mass is 10.0. The first kappa shape index (κ1) is 20.8. The van der Waals surface area contributed by atoms with Crippen molar-refractivity contribution in [2.75, 3.05) is 0 Å². The molecule has 9 heteroatoms. The Kier molecular flexibility index (Phi) is 8.33. The molecule has 0 aliphatic heterocycles. The minimum absolute atomic E-state index is 0.391. The molecule has 0 heterocycles. The zero-order chi connectivity index (χ0) is 16.8. The maximum atomic E-state index is 11.5. The molecule has 0 amide bonds. The summed E-state index contributed by atoms with van der Waals surface area (Å²) in [4.78, 5) is 0. The monoisotopic (exact) mass is 346 g/mol. The lowest BCUT2D eigenvalue weighted by Gasteiger charge is -2.29. The van der Waals surface area contributed by atoms with Crippen molar-refractivity contribution in [2.45, 2.75) is 64.3 Å². The third kappa shape index (κ3) is 6.19. The molecular formula is C12H26O7S2. The van der Waals surface area contributed by atoms with Crippen LogP contribution >= 0.6 is 0 Å². The summed E-state index contributed by atoms with van der Waals surface area (Å²) in [5.74, 6) is -1.11. The van der Waals surface area contributed by atoms with Crippen molar-refractivity contribution in [3.63, 3.8) is 0 Å². The maximum Gasteiger partial charge on any atom is 0.292 e. The van der Waals surface area contributed by atoms with Gasteiger partial charge in [0.05, 0.1) is 0 Å². The minimum Gasteiger partial charge on any atom is -0.337 e. The van der Waals surface area contributed by atoms with Crippen LogP contribution in [0.3, 0.4) is 0 Å². The Hall–Kier alpha value is -0.220. The third-order valence-electron chi connectivity index (χ3n) is 3.72. The molecule has 0 saturated carbocycles. The van der Waals surface area contributed by atoms with E-state index in [-0.39, 0.29) is 0 Å². The maximum absolute atomic E-state index is 11.5. The largest absolute Gasteiger partial charge is 0.337 e. The quantitative estimate of drug-likeness (QED) is 0.583. The highest BCUT2D eigenvalue weighted by molar-refractivity contribution is 7.87. The summed E-state index contributed by atoms with van der Waals surface area (Å²) in [6, 6.07) is 0. The predicted molar refractivity (Wildman–Crippen MR) is 79.9 cm³/mol. The van der Waals surface area contributed by atoms with E-state index in [9.17, 15) is 25.9 Å². The Bertz CT molecular complexity index is 444. The molecular weight excluding hydrogens is 320 g/mol. The standard InChI is InChI=1S/C12H26O7S2/c1-5-9(6-2)11(20(13,14)15)19-12(21(16,17)18)10(7-3)8-4/h9-12H,5-8H2,1-4H3,(H,13,14,15)(H,16,17,18). The van der Waals surface area contributed by atoms with Crippen molar-refractivity contribution < 1.29 is 30.7 Å². The first-order valence-electron chi connectivity index (χ1n) is 7.10. The van der Waals surface area contributed by atoms with E-state index < -0.39 is 42.9 Å². The van der Waals surface area contributed by atoms with Crippen LogP contribution in [0, 0.1) is 11.8 Å². The Morgan fingerprint density at radius 3 is 1.10 bits per heavy atom. The smallest absolute Gasteiger partial charge is 0.292 e. The molecule has 0 aromatic heterocycles. The molecule has 0 aromatic carbocycles. The molecule has 2 N–H and O–H groups in total. The topological polar surface area (TPSA) is 118 Å². The second-order valence-corrected chi connectivity index (χ2v) is 8.05. The molecule has 0 fully saturated rings. The van der Waals surface area contributed by atoms with Crippen molar-refractivity contribution in [2.24, 2.45) is 11.8 Å². The fraction of sp³-hybridized carbons (Fsp3) is 1.00. The first-order chi connectivity index (χ1) is 9.52. The summed E-state index contributed by atoms with van der Waals surface area (Å²) in [6.07, 6.45) is 1.56. The second kappa shape index (κ2) is 8.42. The van der Waals surface area contributed by atoms with Gasteiger partial charge in [-0.3, -0.25) is 9.11 Å². The molecule has 0 aromatic rings. The molecule has 0 rings (SSSR count). The van der Waals surface area contributed by atoms with Crippen molar-refractivity contribution in [1.29, 1.82) is 0 Å². The van der Waals surface area contributed by atoms with Gasteiger partial charge in [0.1, 0.15) is 0 Å². The fourth-order valence-electron chi connectivity index (χ4n) is 2.33. The molecule has 2 unspecified atom stereocenters. The fourth-order valence-corrected chi connectivity index (χ4v) is 4.66. The van der Waals surface area contributed by atoms with Gasteiger partial charge in [0.15, 0.2) is 10.9 Å². The van der Waals surface area contributed by atoms with Crippen LogP contribution < -0.4 is 0 Å². The van der Waals surface area contributed by atoms with Crippen LogP contribution in [0.1, 0.15) is 53.4 Å². The predicted octanol–water partition coefficient (Wildman–Crippen LogP) is 2.30. The van der Waals surface area contributed by atoms with Gasteiger partial charge in [0.25, 0.3) is 20.2 Å². The zero-order valence-electron chi connectivity index (χ0n) is 12.9. The van der Waals surface area contributed by atoms with E-state index in [1.165, 1.54) is 0 Å². The Labute approximate surface area is 127 Å². The van der Waals surface area contributed by atoms with Gasteiger partial charge in [-0.15, -0.1) is 0 Å². The van der Waals surface area contributed by atoms with E-state index in [0.717, 1.165) is 0 Å². The van der Waals surface area contributed by atoms with Gasteiger partial charge in [0.2, 0.25) is 0 Å². The van der Waals surface area contributed by atoms with Crippen LogP contribution in [0.15, 0.2) is 0 Å². The van der Waals surface area contributed by atoms with Gasteiger partial charge in [-0.2, -0.15) is 16.8 Å². The van der Waals surface area contributed by atoms with Gasteiger partial charge in [0, 0.05) is 11.8 Å². The molecule has 0 aliphatic carbocycles. The lowest BCUT2D eigenvalue weighted by Crippen LogP contribution is -2.41. The van der Waals surface area contributed by atoms with E-state index in [2.05, 4.69) is 0 Å². The first-order valence-corrected chi connectivity index (χ1v) is 10.1. The summed E-state index contributed by atoms with van der Waals surface area (Å²) >= 11 is 0. The van der Waals surface area contributed by atoms with E-state index in [1.54, 1.807) is 27.7 Å². The van der Waals surface area contributed by atoms with E-state index >= 15 is 0 Å². The van der Waals surface area contributed by atoms with Gasteiger partial charge in [-0.1, -0.05) is 27.7 Å². The summed E-state index contributed by atoms with van der Waals surface area (Å²) in [5, 5.41) is 0. The molecule has 0 radical (unpaired) electrons. The molecule has 0 spiro atoms. The zero-order valence-corrected chi connectivity index (χ0v) is 14.5. The van der Waals surface area contributed by atoms with Gasteiger partial charge >= 0.3 is 0 Å². The summed E-state index contributed by atoms with van der Waals surface area (Å²) in [5.41, 5.74) is -3.33. The Morgan fingerprint density at radius 1 is 0.714 bits per heavy atom. The minimum atomic E-state index is -4.59. The van der Waals surface area contributed by atoms with Gasteiger partial charge in [-0.05, 0) is 25.7 Å². The highest BCUT2D eigenvalue weighted by Gasteiger charge is 2.40. The number of ether oxygens (including phenoxy) is 1. The lowest BCUT2D eigenvalue weighted by molar-refractivity contribution is 0.00299. The van der Waals surface area contributed by atoms with Crippen molar-refractivity contribution in [3.8, 4) is 0 Å². The van der Waals surface area contributed by atoms with Crippen molar-refractivity contribution in [3.05, 3.63) is 0 Å². The number of hydrogen-bond donors (Lipinski definition) is 2. The van der Waals surface area contributed by atoms with E-state index in [0.29, 0.717) is 25.7 Å². The molecule has 2 atom stereocenters. The van der Waals surface area contributed by atoms with E-state index in [1.807, 2.05) is 0 Å². The molecule has 0 aliphatic rings. The second-order valence-electron chi connectivity index (χ2n) is 5.06. The summed E-state index contributed by atoms with van der Waals surface area (Å²) < 4.78 is 69.9. The van der Waals surface area contributed by atoms with Gasteiger partial charge in [-0.25, -0.2) is 0 Å². The third-order valence-corrected chi connectivity index (χ3v) is 5.89. The Balaban J connectivity index is 5.62. The average molecular weight is 346 g/mol. The van der Waals surface area contributed by atoms with Crippen LogP contribution in [-0.4, -0.2) is 36.8 Å². The summed E-state index contributed by atoms with van der Waals surface area (Å²) in [7, 11) is -9.18. The molecule has 128 valence electrons. The van der Waals surface area contributed by atoms with Gasteiger partial charge < -0.3 is 4.74 Å². The average Bonchev–Trinajstić information content (AvgIpc) is 2.35. The number of rotatable bonds is 10. The van der Waals surface area contributed by atoms with Crippen molar-refractivity contribution >= 4 is 20.2 Å². The van der Waals surface area contributed by atoms with Crippen molar-refractivity contribution in [1.82, 2.24) is 0 Å². The molecule has 0 bridgehead atoms. The highest BCUT2D eigenvalue weighted by atomic mass is 32.2. The van der Waals surface area contributed by atoms with E-state index in [4.69, 9.17) is 4.74 Å². The van der Waals surface area contributed by atoms with Crippen LogP contribution in [0.2, 0.25) is 0 Å². The normalized spacial score (nSPS) is 16.4.